The van der Waals surface area contributed by atoms with Crippen LogP contribution in [0.4, 0.5) is 5.69 Å². The number of hydrogen-bond acceptors (Lipinski definition) is 5. The van der Waals surface area contributed by atoms with Crippen LogP contribution in [0.5, 0.6) is 0 Å². The smallest absolute Gasteiger partial charge is 0.265 e. The number of aryl methyl sites for hydroxylation is 2. The summed E-state index contributed by atoms with van der Waals surface area (Å²) >= 11 is 1.26. The van der Waals surface area contributed by atoms with Crippen LogP contribution in [0.1, 0.15) is 22.5 Å². The molecule has 4 rings (SSSR count). The lowest BCUT2D eigenvalue weighted by Gasteiger charge is -2.19. The van der Waals surface area contributed by atoms with E-state index in [-0.39, 0.29) is 18.0 Å². The Labute approximate surface area is 196 Å². The lowest BCUT2D eigenvalue weighted by molar-refractivity contribution is -0.117. The third-order valence-corrected chi connectivity index (χ3v) is 6.73. The first-order valence-corrected chi connectivity index (χ1v) is 11.4. The molecule has 1 atom stereocenters. The van der Waals surface area contributed by atoms with Crippen molar-refractivity contribution < 1.29 is 14.0 Å². The zero-order chi connectivity index (χ0) is 23.4. The van der Waals surface area contributed by atoms with E-state index in [9.17, 15) is 14.9 Å². The van der Waals surface area contributed by atoms with Crippen LogP contribution in [0, 0.1) is 25.2 Å². The number of hydrogen-bond donors (Lipinski definition) is 1. The molecule has 2 heterocycles. The van der Waals surface area contributed by atoms with Gasteiger partial charge in [0.2, 0.25) is 5.91 Å². The molecule has 0 spiro atoms. The van der Waals surface area contributed by atoms with Crippen molar-refractivity contribution >= 4 is 29.3 Å². The fraction of sp³-hybridized carbons (Fsp3) is 0.192. The molecule has 33 heavy (non-hydrogen) atoms. The lowest BCUT2D eigenvalue weighted by Crippen LogP contribution is -2.32. The van der Waals surface area contributed by atoms with Gasteiger partial charge >= 0.3 is 0 Å². The summed E-state index contributed by atoms with van der Waals surface area (Å²) in [5, 5.41) is 12.5. The average molecular weight is 458 g/mol. The molecule has 1 N–H and O–H groups in total. The number of nitrogens with one attached hydrogen (secondary N) is 1. The Kier molecular flexibility index (Phi) is 6.66. The zero-order valence-electron chi connectivity index (χ0n) is 18.4. The summed E-state index contributed by atoms with van der Waals surface area (Å²) < 4.78 is 5.25. The molecule has 0 saturated carbocycles. The van der Waals surface area contributed by atoms with E-state index in [4.69, 9.17) is 4.42 Å². The number of rotatable bonds is 6. The molecule has 1 aromatic heterocycles. The summed E-state index contributed by atoms with van der Waals surface area (Å²) in [7, 11) is 0. The maximum absolute atomic E-state index is 13.5. The van der Waals surface area contributed by atoms with E-state index in [1.54, 1.807) is 12.1 Å². The highest BCUT2D eigenvalue weighted by Crippen LogP contribution is 2.42. The van der Waals surface area contributed by atoms with E-state index in [0.717, 1.165) is 16.7 Å². The number of nitriles is 1. The molecule has 2 aromatic carbocycles. The van der Waals surface area contributed by atoms with Crippen molar-refractivity contribution in [3.8, 4) is 6.07 Å². The summed E-state index contributed by atoms with van der Waals surface area (Å²) in [6, 6.07) is 20.9. The van der Waals surface area contributed by atoms with Gasteiger partial charge in [-0.05, 0) is 55.7 Å². The van der Waals surface area contributed by atoms with Crippen molar-refractivity contribution in [2.24, 2.45) is 0 Å². The molecule has 2 amide bonds. The molecule has 0 aliphatic carbocycles. The van der Waals surface area contributed by atoms with Gasteiger partial charge in [0.15, 0.2) is 0 Å². The van der Waals surface area contributed by atoms with Crippen LogP contribution in [-0.4, -0.2) is 17.1 Å². The number of anilines is 1. The molecule has 1 saturated heterocycles. The van der Waals surface area contributed by atoms with Crippen molar-refractivity contribution in [2.75, 3.05) is 4.90 Å². The molecule has 6 nitrogen and oxygen atoms in total. The minimum Gasteiger partial charge on any atom is -0.467 e. The van der Waals surface area contributed by atoms with Crippen molar-refractivity contribution in [3.63, 3.8) is 0 Å². The van der Waals surface area contributed by atoms with Crippen LogP contribution in [-0.2, 0) is 22.6 Å². The number of amides is 2. The van der Waals surface area contributed by atoms with Gasteiger partial charge in [0.25, 0.3) is 5.91 Å². The first kappa shape index (κ1) is 22.4. The number of carbonyl (C=O) groups is 2. The van der Waals surface area contributed by atoms with E-state index < -0.39 is 11.2 Å². The van der Waals surface area contributed by atoms with Gasteiger partial charge in [-0.25, -0.2) is 0 Å². The first-order valence-electron chi connectivity index (χ1n) is 10.5. The number of furan rings is 1. The monoisotopic (exact) mass is 457 g/mol. The molecule has 0 unspecified atom stereocenters. The van der Waals surface area contributed by atoms with Gasteiger partial charge < -0.3 is 9.73 Å². The van der Waals surface area contributed by atoms with E-state index >= 15 is 0 Å². The maximum Gasteiger partial charge on any atom is 0.265 e. The molecule has 1 fully saturated rings. The van der Waals surface area contributed by atoms with Crippen LogP contribution in [0.25, 0.3) is 0 Å². The number of nitrogens with zero attached hydrogens (tertiary/aromatic N) is 2. The Balaban J connectivity index is 1.69. The number of thioether (sulfide) groups is 1. The second-order valence-electron chi connectivity index (χ2n) is 7.80. The van der Waals surface area contributed by atoms with Gasteiger partial charge in [0, 0.05) is 5.69 Å². The SMILES string of the molecule is Cc1ccc(N2C(=O)[C@@H](Cc3ccccc3C)S/C2=C(/C#N)C(=O)NCc2ccco2)cc1. The first-order chi connectivity index (χ1) is 16.0. The minimum absolute atomic E-state index is 0.0900. The molecular formula is C26H23N3O3S. The van der Waals surface area contributed by atoms with Gasteiger partial charge in [-0.15, -0.1) is 0 Å². The highest BCUT2D eigenvalue weighted by atomic mass is 32.2. The van der Waals surface area contributed by atoms with E-state index in [0.29, 0.717) is 22.9 Å². The largest absolute Gasteiger partial charge is 0.467 e. The molecule has 166 valence electrons. The second kappa shape index (κ2) is 9.80. The van der Waals surface area contributed by atoms with E-state index in [1.807, 2.05) is 68.4 Å². The quantitative estimate of drug-likeness (QED) is 0.431. The molecule has 1 aliphatic heterocycles. The molecule has 3 aromatic rings. The van der Waals surface area contributed by atoms with Crippen LogP contribution in [0.2, 0.25) is 0 Å². The summed E-state index contributed by atoms with van der Waals surface area (Å²) in [6.07, 6.45) is 2.03. The molecule has 0 radical (unpaired) electrons. The molecular weight excluding hydrogens is 434 g/mol. The normalized spacial score (nSPS) is 17.1. The van der Waals surface area contributed by atoms with Crippen molar-refractivity contribution in [3.05, 3.63) is 100.0 Å². The van der Waals surface area contributed by atoms with Crippen LogP contribution < -0.4 is 10.2 Å². The fourth-order valence-corrected chi connectivity index (χ4v) is 4.92. The van der Waals surface area contributed by atoms with Gasteiger partial charge in [-0.3, -0.25) is 14.5 Å². The third-order valence-electron chi connectivity index (χ3n) is 5.47. The minimum atomic E-state index is -0.544. The standard InChI is InChI=1S/C26H23N3O3S/c1-17-9-11-20(12-10-17)29-25(31)23(14-19-7-4-3-6-18(19)2)33-26(29)22(15-27)24(30)28-16-21-8-5-13-32-21/h3-13,23H,14,16H2,1-2H3,(H,28,30)/b26-22-/t23-/m1/s1. The van der Waals surface area contributed by atoms with E-state index in [1.165, 1.54) is 22.9 Å². The second-order valence-corrected chi connectivity index (χ2v) is 8.99. The summed E-state index contributed by atoms with van der Waals surface area (Å²) in [5.74, 6) is -0.111. The van der Waals surface area contributed by atoms with Crippen molar-refractivity contribution in [2.45, 2.75) is 32.1 Å². The van der Waals surface area contributed by atoms with Crippen LogP contribution in [0.3, 0.4) is 0 Å². The van der Waals surface area contributed by atoms with Gasteiger partial charge in [0.05, 0.1) is 18.1 Å². The van der Waals surface area contributed by atoms with Gasteiger partial charge in [-0.1, -0.05) is 53.7 Å². The van der Waals surface area contributed by atoms with Crippen molar-refractivity contribution in [1.82, 2.24) is 5.32 Å². The highest BCUT2D eigenvalue weighted by molar-refractivity contribution is 8.05. The number of benzene rings is 2. The van der Waals surface area contributed by atoms with Gasteiger partial charge in [-0.2, -0.15) is 5.26 Å². The number of carbonyl (C=O) groups excluding carboxylic acids is 2. The summed E-state index contributed by atoms with van der Waals surface area (Å²) in [4.78, 5) is 27.9. The van der Waals surface area contributed by atoms with Gasteiger partial charge in [0.1, 0.15) is 22.4 Å². The Morgan fingerprint density at radius 2 is 1.88 bits per heavy atom. The van der Waals surface area contributed by atoms with Crippen LogP contribution in [0.15, 0.2) is 81.9 Å². The van der Waals surface area contributed by atoms with Crippen LogP contribution >= 0.6 is 11.8 Å². The predicted octanol–water partition coefficient (Wildman–Crippen LogP) is 4.64. The average Bonchev–Trinajstić information content (AvgIpc) is 3.44. The summed E-state index contributed by atoms with van der Waals surface area (Å²) in [6.45, 7) is 4.13. The lowest BCUT2D eigenvalue weighted by atomic mass is 10.0. The maximum atomic E-state index is 13.5. The molecule has 1 aliphatic rings. The Hall–Kier alpha value is -3.76. The molecule has 7 heteroatoms. The fourth-order valence-electron chi connectivity index (χ4n) is 3.62. The predicted molar refractivity (Wildman–Crippen MR) is 128 cm³/mol. The highest BCUT2D eigenvalue weighted by Gasteiger charge is 2.40. The zero-order valence-corrected chi connectivity index (χ0v) is 19.2. The third kappa shape index (κ3) is 4.86. The Morgan fingerprint density at radius 1 is 1.12 bits per heavy atom. The van der Waals surface area contributed by atoms with Crippen molar-refractivity contribution in [1.29, 1.82) is 5.26 Å². The Morgan fingerprint density at radius 3 is 2.55 bits per heavy atom. The van der Waals surface area contributed by atoms with E-state index in [2.05, 4.69) is 5.32 Å². The topological polar surface area (TPSA) is 86.3 Å². The Bertz CT molecular complexity index is 1240. The summed E-state index contributed by atoms with van der Waals surface area (Å²) in [5.41, 5.74) is 3.76. The molecule has 0 bridgehead atoms.